The molecule has 1 aliphatic rings. The van der Waals surface area contributed by atoms with Crippen LogP contribution >= 0.6 is 0 Å². The Labute approximate surface area is 153 Å². The second-order valence-electron chi connectivity index (χ2n) is 6.63. The van der Waals surface area contributed by atoms with Crippen LogP contribution in [0.1, 0.15) is 17.3 Å². The molecule has 0 aliphatic carbocycles. The van der Waals surface area contributed by atoms with Crippen molar-refractivity contribution in [2.45, 2.75) is 13.0 Å². The van der Waals surface area contributed by atoms with E-state index in [9.17, 15) is 9.18 Å². The summed E-state index contributed by atoms with van der Waals surface area (Å²) in [5, 5.41) is 0. The second kappa shape index (κ2) is 8.38. The van der Waals surface area contributed by atoms with Gasteiger partial charge in [-0.2, -0.15) is 0 Å². The van der Waals surface area contributed by atoms with E-state index in [-0.39, 0.29) is 17.8 Å². The first-order chi connectivity index (χ1) is 12.5. The third-order valence-electron chi connectivity index (χ3n) is 4.69. The lowest BCUT2D eigenvalue weighted by Crippen LogP contribution is -2.47. The number of rotatable bonds is 5. The molecule has 1 aromatic carbocycles. The van der Waals surface area contributed by atoms with E-state index in [1.807, 2.05) is 19.2 Å². The molecule has 1 aromatic heterocycles. The molecule has 1 aliphatic heterocycles. The smallest absolute Gasteiger partial charge is 0.253 e. The van der Waals surface area contributed by atoms with Crippen LogP contribution in [0.5, 0.6) is 0 Å². The largest absolute Gasteiger partial charge is 0.379 e. The molecule has 0 bridgehead atoms. The summed E-state index contributed by atoms with van der Waals surface area (Å²) in [5.41, 5.74) is 2.04. The predicted molar refractivity (Wildman–Crippen MR) is 98.4 cm³/mol. The van der Waals surface area contributed by atoms with E-state index in [0.29, 0.717) is 17.8 Å². The minimum atomic E-state index is -0.377. The van der Waals surface area contributed by atoms with E-state index in [1.165, 1.54) is 12.3 Å². The number of hydrogen-bond donors (Lipinski definition) is 0. The average Bonchev–Trinajstić information content (AvgIpc) is 2.68. The van der Waals surface area contributed by atoms with Gasteiger partial charge in [-0.1, -0.05) is 12.1 Å². The maximum Gasteiger partial charge on any atom is 0.253 e. The van der Waals surface area contributed by atoms with Gasteiger partial charge >= 0.3 is 0 Å². The number of morpholine rings is 1. The standard InChI is InChI=1S/C20H24FN3O2/c1-15(24-8-10-26-11-9-24)14-23(2)20(25)17-5-3-4-16(12-17)19-7-6-18(21)13-22-19/h3-7,12-13,15H,8-11,14H2,1-2H3. The summed E-state index contributed by atoms with van der Waals surface area (Å²) in [6.07, 6.45) is 1.18. The molecule has 2 heterocycles. The zero-order valence-electron chi connectivity index (χ0n) is 15.2. The lowest BCUT2D eigenvalue weighted by Gasteiger charge is -2.34. The van der Waals surface area contributed by atoms with E-state index in [2.05, 4.69) is 16.8 Å². The van der Waals surface area contributed by atoms with Crippen molar-refractivity contribution in [3.8, 4) is 11.3 Å². The van der Waals surface area contributed by atoms with Crippen LogP contribution in [0.2, 0.25) is 0 Å². The van der Waals surface area contributed by atoms with Crippen LogP contribution in [0.3, 0.4) is 0 Å². The lowest BCUT2D eigenvalue weighted by molar-refractivity contribution is 0.0142. The van der Waals surface area contributed by atoms with Gasteiger partial charge in [0.05, 0.1) is 25.1 Å². The number of hydrogen-bond acceptors (Lipinski definition) is 4. The zero-order valence-corrected chi connectivity index (χ0v) is 15.2. The maximum absolute atomic E-state index is 13.1. The van der Waals surface area contributed by atoms with Gasteiger partial charge in [-0.3, -0.25) is 14.7 Å². The van der Waals surface area contributed by atoms with Crippen LogP contribution in [0.15, 0.2) is 42.6 Å². The van der Waals surface area contributed by atoms with Crippen molar-refractivity contribution < 1.29 is 13.9 Å². The summed E-state index contributed by atoms with van der Waals surface area (Å²) < 4.78 is 18.4. The third-order valence-corrected chi connectivity index (χ3v) is 4.69. The Morgan fingerprint density at radius 1 is 1.31 bits per heavy atom. The Balaban J connectivity index is 1.68. The number of pyridine rings is 1. The van der Waals surface area contributed by atoms with Crippen molar-refractivity contribution in [3.05, 3.63) is 54.0 Å². The third kappa shape index (κ3) is 4.45. The monoisotopic (exact) mass is 357 g/mol. The van der Waals surface area contributed by atoms with E-state index in [4.69, 9.17) is 4.74 Å². The number of aromatic nitrogens is 1. The molecule has 138 valence electrons. The Bertz CT molecular complexity index is 745. The molecule has 2 aromatic rings. The van der Waals surface area contributed by atoms with E-state index < -0.39 is 0 Å². The molecule has 0 radical (unpaired) electrons. The molecule has 26 heavy (non-hydrogen) atoms. The van der Waals surface area contributed by atoms with Gasteiger partial charge in [-0.15, -0.1) is 0 Å². The topological polar surface area (TPSA) is 45.7 Å². The van der Waals surface area contributed by atoms with Crippen LogP contribution < -0.4 is 0 Å². The van der Waals surface area contributed by atoms with Crippen molar-refractivity contribution >= 4 is 5.91 Å². The van der Waals surface area contributed by atoms with Crippen molar-refractivity contribution in [2.24, 2.45) is 0 Å². The molecule has 1 amide bonds. The Morgan fingerprint density at radius 2 is 2.08 bits per heavy atom. The number of benzene rings is 1. The number of halogens is 1. The molecule has 1 fully saturated rings. The highest BCUT2D eigenvalue weighted by molar-refractivity contribution is 5.95. The molecule has 5 nitrogen and oxygen atoms in total. The quantitative estimate of drug-likeness (QED) is 0.825. The van der Waals surface area contributed by atoms with Gasteiger partial charge in [0.15, 0.2) is 0 Å². The van der Waals surface area contributed by atoms with Gasteiger partial charge in [0.25, 0.3) is 5.91 Å². The van der Waals surface area contributed by atoms with E-state index in [0.717, 1.165) is 31.9 Å². The summed E-state index contributed by atoms with van der Waals surface area (Å²) >= 11 is 0. The Morgan fingerprint density at radius 3 is 2.77 bits per heavy atom. The highest BCUT2D eigenvalue weighted by Gasteiger charge is 2.21. The molecular weight excluding hydrogens is 333 g/mol. The van der Waals surface area contributed by atoms with Gasteiger partial charge in [0.2, 0.25) is 0 Å². The number of carbonyl (C=O) groups is 1. The van der Waals surface area contributed by atoms with Gasteiger partial charge < -0.3 is 9.64 Å². The normalized spacial score (nSPS) is 16.3. The molecule has 0 spiro atoms. The summed E-state index contributed by atoms with van der Waals surface area (Å²) in [4.78, 5) is 21.0. The molecule has 3 rings (SSSR count). The highest BCUT2D eigenvalue weighted by atomic mass is 19.1. The summed E-state index contributed by atoms with van der Waals surface area (Å²) in [7, 11) is 1.82. The minimum Gasteiger partial charge on any atom is -0.379 e. The molecular formula is C20H24FN3O2. The first-order valence-electron chi connectivity index (χ1n) is 8.84. The number of carbonyl (C=O) groups excluding carboxylic acids is 1. The van der Waals surface area contributed by atoms with Crippen LogP contribution in [0.4, 0.5) is 4.39 Å². The zero-order chi connectivity index (χ0) is 18.5. The predicted octanol–water partition coefficient (Wildman–Crippen LogP) is 2.68. The summed E-state index contributed by atoms with van der Waals surface area (Å²) in [5.74, 6) is -0.410. The SMILES string of the molecule is CC(CN(C)C(=O)c1cccc(-c2ccc(F)cn2)c1)N1CCOCC1. The van der Waals surface area contributed by atoms with Gasteiger partial charge in [-0.05, 0) is 31.2 Å². The fourth-order valence-corrected chi connectivity index (χ4v) is 3.19. The molecule has 0 N–H and O–H groups in total. The Hall–Kier alpha value is -2.31. The molecule has 0 saturated carbocycles. The van der Waals surface area contributed by atoms with Crippen LogP contribution in [-0.2, 0) is 4.74 Å². The first-order valence-corrected chi connectivity index (χ1v) is 8.84. The van der Waals surface area contributed by atoms with Gasteiger partial charge in [0, 0.05) is 43.9 Å². The number of nitrogens with zero attached hydrogens (tertiary/aromatic N) is 3. The summed E-state index contributed by atoms with van der Waals surface area (Å²) in [6, 6.07) is 10.6. The van der Waals surface area contributed by atoms with Crippen molar-refractivity contribution in [1.82, 2.24) is 14.8 Å². The summed E-state index contributed by atoms with van der Waals surface area (Å²) in [6.45, 7) is 6.07. The van der Waals surface area contributed by atoms with Crippen molar-refractivity contribution in [1.29, 1.82) is 0 Å². The maximum atomic E-state index is 13.1. The van der Waals surface area contributed by atoms with Crippen LogP contribution in [0, 0.1) is 5.82 Å². The lowest BCUT2D eigenvalue weighted by atomic mass is 10.1. The average molecular weight is 357 g/mol. The van der Waals surface area contributed by atoms with Crippen molar-refractivity contribution in [2.75, 3.05) is 39.9 Å². The first kappa shape index (κ1) is 18.5. The molecule has 1 atom stereocenters. The van der Waals surface area contributed by atoms with Crippen LogP contribution in [0.25, 0.3) is 11.3 Å². The Kier molecular flexibility index (Phi) is 5.96. The number of likely N-dealkylation sites (N-methyl/N-ethyl adjacent to an activating group) is 1. The van der Waals surface area contributed by atoms with Crippen molar-refractivity contribution in [3.63, 3.8) is 0 Å². The number of amides is 1. The minimum absolute atomic E-state index is 0.0333. The highest BCUT2D eigenvalue weighted by Crippen LogP contribution is 2.19. The number of ether oxygens (including phenoxy) is 1. The fraction of sp³-hybridized carbons (Fsp3) is 0.400. The van der Waals surface area contributed by atoms with E-state index in [1.54, 1.807) is 23.1 Å². The second-order valence-corrected chi connectivity index (χ2v) is 6.63. The van der Waals surface area contributed by atoms with E-state index >= 15 is 0 Å². The molecule has 1 unspecified atom stereocenters. The van der Waals surface area contributed by atoms with Gasteiger partial charge in [-0.25, -0.2) is 4.39 Å². The fourth-order valence-electron chi connectivity index (χ4n) is 3.19. The molecule has 1 saturated heterocycles. The van der Waals surface area contributed by atoms with Crippen LogP contribution in [-0.4, -0.2) is 66.6 Å². The molecule has 6 heteroatoms. The van der Waals surface area contributed by atoms with Gasteiger partial charge in [0.1, 0.15) is 5.82 Å².